The van der Waals surface area contributed by atoms with Crippen molar-refractivity contribution in [2.24, 2.45) is 0 Å². The lowest BCUT2D eigenvalue weighted by Crippen LogP contribution is -2.16. The first-order valence-electron chi connectivity index (χ1n) is 11.8. The van der Waals surface area contributed by atoms with Gasteiger partial charge in [-0.05, 0) is 77.1 Å². The van der Waals surface area contributed by atoms with E-state index >= 15 is 0 Å². The largest absolute Gasteiger partial charge is 0.398 e. The van der Waals surface area contributed by atoms with E-state index in [1.807, 2.05) is 30.5 Å². The lowest BCUT2D eigenvalue weighted by Gasteiger charge is -2.28. The quantitative estimate of drug-likeness (QED) is 0.313. The average molecular weight is 459 g/mol. The summed E-state index contributed by atoms with van der Waals surface area (Å²) in [7, 11) is 0. The molecule has 3 heterocycles. The number of fused-ring (bicyclic) bond motifs is 2. The van der Waals surface area contributed by atoms with Crippen molar-refractivity contribution in [3.8, 4) is 22.3 Å². The molecule has 0 saturated carbocycles. The Hall–Kier alpha value is -4.45. The third kappa shape index (κ3) is 3.64. The van der Waals surface area contributed by atoms with Gasteiger partial charge in [-0.2, -0.15) is 0 Å². The van der Waals surface area contributed by atoms with E-state index in [-0.39, 0.29) is 0 Å². The molecule has 2 aromatic carbocycles. The minimum absolute atomic E-state index is 0.322. The molecule has 0 saturated heterocycles. The fraction of sp³-hybridized carbons (Fsp3) is 0.138. The predicted molar refractivity (Wildman–Crippen MR) is 143 cm³/mol. The van der Waals surface area contributed by atoms with Gasteiger partial charge >= 0.3 is 0 Å². The highest BCUT2D eigenvalue weighted by molar-refractivity contribution is 5.97. The third-order valence-electron chi connectivity index (χ3n) is 7.17. The zero-order chi connectivity index (χ0) is 23.9. The van der Waals surface area contributed by atoms with E-state index < -0.39 is 0 Å². The summed E-state index contributed by atoms with van der Waals surface area (Å²) >= 11 is 0. The Labute approximate surface area is 203 Å². The monoisotopic (exact) mass is 458 g/mol. The summed E-state index contributed by atoms with van der Waals surface area (Å²) in [4.78, 5) is 12.8. The maximum Gasteiger partial charge on any atom is 0.131 e. The number of hydrogen-bond acceptors (Lipinski definition) is 6. The van der Waals surface area contributed by atoms with E-state index in [1.165, 1.54) is 16.7 Å². The fourth-order valence-electron chi connectivity index (χ4n) is 5.41. The van der Waals surface area contributed by atoms with Crippen molar-refractivity contribution in [1.29, 1.82) is 0 Å². The van der Waals surface area contributed by atoms with Crippen molar-refractivity contribution in [1.82, 2.24) is 15.0 Å². The first-order valence-corrected chi connectivity index (χ1v) is 11.8. The highest BCUT2D eigenvalue weighted by Crippen LogP contribution is 2.44. The molecule has 35 heavy (non-hydrogen) atoms. The number of benzene rings is 2. The Morgan fingerprint density at radius 3 is 2.51 bits per heavy atom. The van der Waals surface area contributed by atoms with Gasteiger partial charge in [0, 0.05) is 52.6 Å². The first kappa shape index (κ1) is 21.1. The van der Waals surface area contributed by atoms with Gasteiger partial charge in [-0.25, -0.2) is 9.97 Å². The molecule has 0 bridgehead atoms. The van der Waals surface area contributed by atoms with E-state index in [2.05, 4.69) is 45.3 Å². The lowest BCUT2D eigenvalue weighted by atomic mass is 9.77. The van der Waals surface area contributed by atoms with Crippen LogP contribution in [0.2, 0.25) is 0 Å². The standard InChI is InChI=1S/C29H26N6/c30-27-23(21-2-1-11-33-16-21)8-7-22(17-3-5-24-18(14-17)9-12-34-28(24)31)26(27)20-4-6-25-19(15-20)10-13-35-29(25)32/h1-2,4,6-13,15-17H,3,5,14,30H2,(H2,31,34)(H2,32,35). The van der Waals surface area contributed by atoms with Gasteiger partial charge in [-0.15, -0.1) is 0 Å². The number of hydrogen-bond donors (Lipinski definition) is 3. The van der Waals surface area contributed by atoms with Gasteiger partial charge in [0.15, 0.2) is 0 Å². The van der Waals surface area contributed by atoms with Crippen LogP contribution < -0.4 is 17.2 Å². The maximum absolute atomic E-state index is 6.95. The highest BCUT2D eigenvalue weighted by Gasteiger charge is 2.26. The van der Waals surface area contributed by atoms with E-state index in [0.717, 1.165) is 58.0 Å². The molecule has 1 aliphatic rings. The van der Waals surface area contributed by atoms with Crippen LogP contribution in [0.4, 0.5) is 17.3 Å². The zero-order valence-electron chi connectivity index (χ0n) is 19.3. The second-order valence-corrected chi connectivity index (χ2v) is 9.14. The highest BCUT2D eigenvalue weighted by atomic mass is 14.8. The van der Waals surface area contributed by atoms with Gasteiger partial charge in [-0.3, -0.25) is 4.98 Å². The molecule has 6 heteroatoms. The van der Waals surface area contributed by atoms with Crippen LogP contribution in [0.15, 0.2) is 79.4 Å². The molecule has 0 spiro atoms. The Morgan fingerprint density at radius 1 is 0.800 bits per heavy atom. The molecule has 0 aliphatic heterocycles. The Morgan fingerprint density at radius 2 is 1.66 bits per heavy atom. The van der Waals surface area contributed by atoms with Gasteiger partial charge in [0.05, 0.1) is 0 Å². The predicted octanol–water partition coefficient (Wildman–Crippen LogP) is 5.38. The summed E-state index contributed by atoms with van der Waals surface area (Å²) < 4.78 is 0. The molecule has 172 valence electrons. The summed E-state index contributed by atoms with van der Waals surface area (Å²) in [5.41, 5.74) is 27.8. The number of nitrogens with two attached hydrogens (primary N) is 3. The third-order valence-corrected chi connectivity index (χ3v) is 7.17. The van der Waals surface area contributed by atoms with Crippen molar-refractivity contribution in [3.05, 3.63) is 96.1 Å². The molecule has 6 rings (SSSR count). The number of nitrogens with zero attached hydrogens (tertiary/aromatic N) is 3. The first-order chi connectivity index (χ1) is 17.1. The summed E-state index contributed by atoms with van der Waals surface area (Å²) in [5.74, 6) is 1.50. The number of nitrogen functional groups attached to an aromatic ring is 3. The fourth-order valence-corrected chi connectivity index (χ4v) is 5.41. The van der Waals surface area contributed by atoms with Gasteiger partial charge < -0.3 is 17.2 Å². The average Bonchev–Trinajstić information content (AvgIpc) is 2.89. The molecule has 5 aromatic rings. The summed E-state index contributed by atoms with van der Waals surface area (Å²) in [6.07, 6.45) is 9.99. The molecule has 0 fully saturated rings. The van der Waals surface area contributed by atoms with Gasteiger partial charge in [0.1, 0.15) is 11.6 Å². The van der Waals surface area contributed by atoms with Crippen LogP contribution in [-0.4, -0.2) is 15.0 Å². The molecule has 6 N–H and O–H groups in total. The van der Waals surface area contributed by atoms with Crippen LogP contribution >= 0.6 is 0 Å². The summed E-state index contributed by atoms with van der Waals surface area (Å²) in [6.45, 7) is 0. The molecule has 3 aromatic heterocycles. The van der Waals surface area contributed by atoms with Gasteiger partial charge in [0.2, 0.25) is 0 Å². The van der Waals surface area contributed by atoms with E-state index in [4.69, 9.17) is 17.2 Å². The second kappa shape index (κ2) is 8.40. The SMILES string of the molecule is Nc1nccc2c1CCC(c1ccc(-c3cccnc3)c(N)c1-c1ccc3c(N)nccc3c1)C2. The van der Waals surface area contributed by atoms with Crippen molar-refractivity contribution >= 4 is 28.1 Å². The van der Waals surface area contributed by atoms with E-state index in [1.54, 1.807) is 18.6 Å². The van der Waals surface area contributed by atoms with E-state index in [0.29, 0.717) is 17.6 Å². The van der Waals surface area contributed by atoms with Crippen LogP contribution in [0.1, 0.15) is 29.0 Å². The molecule has 1 atom stereocenters. The Kier molecular flexibility index (Phi) is 5.07. The number of rotatable bonds is 3. The normalized spacial score (nSPS) is 15.1. The molecule has 6 nitrogen and oxygen atoms in total. The Bertz CT molecular complexity index is 1560. The minimum Gasteiger partial charge on any atom is -0.398 e. The molecular formula is C29H26N6. The molecule has 0 amide bonds. The number of anilines is 3. The summed E-state index contributed by atoms with van der Waals surface area (Å²) in [5, 5.41) is 1.98. The minimum atomic E-state index is 0.322. The van der Waals surface area contributed by atoms with Crippen molar-refractivity contribution in [2.45, 2.75) is 25.2 Å². The number of aromatic nitrogens is 3. The van der Waals surface area contributed by atoms with Crippen molar-refractivity contribution in [2.75, 3.05) is 17.2 Å². The zero-order valence-corrected chi connectivity index (χ0v) is 19.3. The van der Waals surface area contributed by atoms with E-state index in [9.17, 15) is 0 Å². The van der Waals surface area contributed by atoms with Gasteiger partial charge in [-0.1, -0.05) is 30.3 Å². The van der Waals surface area contributed by atoms with Crippen LogP contribution in [-0.2, 0) is 12.8 Å². The molecule has 1 unspecified atom stereocenters. The van der Waals surface area contributed by atoms with Crippen LogP contribution in [0.25, 0.3) is 33.0 Å². The molecule has 1 aliphatic carbocycles. The van der Waals surface area contributed by atoms with Gasteiger partial charge in [0.25, 0.3) is 0 Å². The smallest absolute Gasteiger partial charge is 0.131 e. The summed E-state index contributed by atoms with van der Waals surface area (Å²) in [6, 6.07) is 18.7. The van der Waals surface area contributed by atoms with Crippen molar-refractivity contribution in [3.63, 3.8) is 0 Å². The lowest BCUT2D eigenvalue weighted by molar-refractivity contribution is 0.586. The topological polar surface area (TPSA) is 117 Å². The van der Waals surface area contributed by atoms with Crippen LogP contribution in [0.3, 0.4) is 0 Å². The second-order valence-electron chi connectivity index (χ2n) is 9.14. The van der Waals surface area contributed by atoms with Crippen molar-refractivity contribution < 1.29 is 0 Å². The molecular weight excluding hydrogens is 432 g/mol. The van der Waals surface area contributed by atoms with Crippen LogP contribution in [0, 0.1) is 0 Å². The number of pyridine rings is 3. The molecule has 0 radical (unpaired) electrons. The maximum atomic E-state index is 6.95. The van der Waals surface area contributed by atoms with Crippen LogP contribution in [0.5, 0.6) is 0 Å². The Balaban J connectivity index is 1.54.